The lowest BCUT2D eigenvalue weighted by molar-refractivity contribution is -0.140. The molecule has 0 bridgehead atoms. The minimum absolute atomic E-state index is 0.0926. The van der Waals surface area contributed by atoms with E-state index >= 15 is 0 Å². The standard InChI is InChI=1S/C36H62N8O14S/c1-7-38-31(53)21(8-11-26(46)47)39-32(54)22(9-12-27(48)49)40-33(55)23(10-13-28(50)51)41-36(58)29(19(4)5)44-35(57)25(17-45)43-34(56)24(16-18(2)3)42-30(52)20(37)14-15-59-6/h18-25,29,45H,7-17,37H2,1-6H3,(H,38,53)(H,39,54)(H,40,55)(H,41,58)(H,42,52)(H,43,56)(H,44,57)(H,46,47)(H,48,49)(H,50,51)/t20-,21-,22-,23-,24-,25-,29-/m0/s1. The number of amides is 7. The van der Waals surface area contributed by atoms with Gasteiger partial charge >= 0.3 is 17.9 Å². The Morgan fingerprint density at radius 1 is 0.542 bits per heavy atom. The van der Waals surface area contributed by atoms with Gasteiger partial charge in [0.1, 0.15) is 36.3 Å². The Labute approximate surface area is 347 Å². The minimum atomic E-state index is -1.68. The smallest absolute Gasteiger partial charge is 0.303 e. The van der Waals surface area contributed by atoms with Crippen molar-refractivity contribution in [2.24, 2.45) is 17.6 Å². The number of nitrogens with two attached hydrogens (primary N) is 1. The third-order valence-corrected chi connectivity index (χ3v) is 9.21. The number of hydrogen-bond donors (Lipinski definition) is 12. The van der Waals surface area contributed by atoms with Gasteiger partial charge in [-0.2, -0.15) is 11.8 Å². The normalized spacial score (nSPS) is 14.6. The van der Waals surface area contributed by atoms with Crippen molar-refractivity contribution in [1.82, 2.24) is 37.2 Å². The molecule has 0 aliphatic heterocycles. The fraction of sp³-hybridized carbons (Fsp3) is 0.722. The van der Waals surface area contributed by atoms with Crippen molar-refractivity contribution >= 4 is 71.0 Å². The van der Waals surface area contributed by atoms with E-state index in [-0.39, 0.29) is 25.3 Å². The topological polar surface area (TPSA) is 362 Å². The van der Waals surface area contributed by atoms with Gasteiger partial charge in [0, 0.05) is 25.8 Å². The van der Waals surface area contributed by atoms with E-state index < -0.39 is 146 Å². The molecule has 336 valence electrons. The number of aliphatic hydroxyl groups excluding tert-OH is 1. The molecule has 0 aromatic heterocycles. The van der Waals surface area contributed by atoms with Crippen LogP contribution in [0.1, 0.15) is 86.0 Å². The van der Waals surface area contributed by atoms with Crippen LogP contribution in [0.25, 0.3) is 0 Å². The maximum atomic E-state index is 13.6. The van der Waals surface area contributed by atoms with Crippen LogP contribution in [0.5, 0.6) is 0 Å². The van der Waals surface area contributed by atoms with Gasteiger partial charge < -0.3 is 63.4 Å². The highest BCUT2D eigenvalue weighted by Gasteiger charge is 2.35. The average Bonchev–Trinajstić information content (AvgIpc) is 3.15. The van der Waals surface area contributed by atoms with Gasteiger partial charge in [-0.25, -0.2) is 0 Å². The number of thioether (sulfide) groups is 1. The first-order chi connectivity index (χ1) is 27.6. The maximum absolute atomic E-state index is 13.6. The first-order valence-corrected chi connectivity index (χ1v) is 20.6. The van der Waals surface area contributed by atoms with Crippen LogP contribution in [0.3, 0.4) is 0 Å². The number of carbonyl (C=O) groups excluding carboxylic acids is 7. The number of aliphatic carboxylic acids is 3. The van der Waals surface area contributed by atoms with Gasteiger partial charge in [-0.1, -0.05) is 27.7 Å². The van der Waals surface area contributed by atoms with E-state index in [1.165, 1.54) is 25.6 Å². The van der Waals surface area contributed by atoms with E-state index in [2.05, 4.69) is 37.2 Å². The molecule has 0 aromatic carbocycles. The van der Waals surface area contributed by atoms with Gasteiger partial charge in [0.25, 0.3) is 0 Å². The van der Waals surface area contributed by atoms with Gasteiger partial charge in [0.05, 0.1) is 12.6 Å². The third-order valence-electron chi connectivity index (χ3n) is 8.56. The van der Waals surface area contributed by atoms with Crippen LogP contribution in [-0.2, 0) is 47.9 Å². The number of carboxylic acids is 3. The number of aliphatic hydroxyl groups is 1. The second kappa shape index (κ2) is 28.4. The van der Waals surface area contributed by atoms with E-state index in [4.69, 9.17) is 10.8 Å². The Balaban J connectivity index is 6.26. The summed E-state index contributed by atoms with van der Waals surface area (Å²) in [5.41, 5.74) is 5.95. The quantitative estimate of drug-likeness (QED) is 0.0352. The van der Waals surface area contributed by atoms with Crippen molar-refractivity contribution < 1.29 is 68.4 Å². The summed E-state index contributed by atoms with van der Waals surface area (Å²) in [6.45, 7) is 7.40. The first kappa shape index (κ1) is 54.0. The van der Waals surface area contributed by atoms with E-state index in [1.807, 2.05) is 6.26 Å². The molecule has 7 amide bonds. The van der Waals surface area contributed by atoms with Crippen molar-refractivity contribution in [1.29, 1.82) is 0 Å². The molecule has 0 fully saturated rings. The molecule has 0 spiro atoms. The van der Waals surface area contributed by atoms with E-state index in [9.17, 15) is 63.3 Å². The molecule has 0 unspecified atom stereocenters. The molecule has 59 heavy (non-hydrogen) atoms. The van der Waals surface area contributed by atoms with Gasteiger partial charge in [0.15, 0.2) is 0 Å². The molecule has 23 heteroatoms. The first-order valence-electron chi connectivity index (χ1n) is 19.2. The average molecular weight is 863 g/mol. The van der Waals surface area contributed by atoms with Gasteiger partial charge in [-0.3, -0.25) is 47.9 Å². The summed E-state index contributed by atoms with van der Waals surface area (Å²) in [5, 5.41) is 54.5. The number of carboxylic acid groups (broad SMARTS) is 3. The van der Waals surface area contributed by atoms with Crippen molar-refractivity contribution in [3.8, 4) is 0 Å². The Bertz CT molecular complexity index is 1470. The maximum Gasteiger partial charge on any atom is 0.303 e. The zero-order chi connectivity index (χ0) is 45.4. The molecule has 7 atom stereocenters. The van der Waals surface area contributed by atoms with E-state index in [1.54, 1.807) is 20.8 Å². The second-order valence-electron chi connectivity index (χ2n) is 14.4. The molecular formula is C36H62N8O14S. The number of nitrogens with one attached hydrogen (secondary N) is 7. The molecule has 13 N–H and O–H groups in total. The number of rotatable bonds is 30. The predicted octanol–water partition coefficient (Wildman–Crippen LogP) is -2.60. The van der Waals surface area contributed by atoms with Crippen molar-refractivity contribution in [2.45, 2.75) is 128 Å². The van der Waals surface area contributed by atoms with E-state index in [0.717, 1.165) is 0 Å². The highest BCUT2D eigenvalue weighted by molar-refractivity contribution is 7.98. The summed E-state index contributed by atoms with van der Waals surface area (Å²) in [7, 11) is 0. The zero-order valence-electron chi connectivity index (χ0n) is 34.3. The molecule has 0 heterocycles. The highest BCUT2D eigenvalue weighted by Crippen LogP contribution is 2.10. The Morgan fingerprint density at radius 2 is 0.932 bits per heavy atom. The summed E-state index contributed by atoms with van der Waals surface area (Å²) in [4.78, 5) is 127. The lowest BCUT2D eigenvalue weighted by Gasteiger charge is -2.28. The summed E-state index contributed by atoms with van der Waals surface area (Å²) in [6.07, 6.45) is -0.942. The lowest BCUT2D eigenvalue weighted by atomic mass is 10.0. The van der Waals surface area contributed by atoms with Crippen LogP contribution >= 0.6 is 11.8 Å². The van der Waals surface area contributed by atoms with Gasteiger partial charge in [0.2, 0.25) is 41.4 Å². The fourth-order valence-corrected chi connectivity index (χ4v) is 5.82. The monoisotopic (exact) mass is 862 g/mol. The van der Waals surface area contributed by atoms with Crippen LogP contribution in [0.15, 0.2) is 0 Å². The fourth-order valence-electron chi connectivity index (χ4n) is 5.33. The zero-order valence-corrected chi connectivity index (χ0v) is 35.1. The Morgan fingerprint density at radius 3 is 1.32 bits per heavy atom. The number of carbonyl (C=O) groups is 10. The molecule has 0 radical (unpaired) electrons. The predicted molar refractivity (Wildman–Crippen MR) is 213 cm³/mol. The summed E-state index contributed by atoms with van der Waals surface area (Å²) in [5.74, 6) is -10.6. The highest BCUT2D eigenvalue weighted by atomic mass is 32.2. The second-order valence-corrected chi connectivity index (χ2v) is 15.4. The molecule has 0 rings (SSSR count). The van der Waals surface area contributed by atoms with Crippen LogP contribution in [0, 0.1) is 11.8 Å². The van der Waals surface area contributed by atoms with Crippen LogP contribution in [-0.4, -0.2) is 147 Å². The molecule has 0 saturated carbocycles. The Kier molecular flexibility index (Phi) is 26.0. The lowest BCUT2D eigenvalue weighted by Crippen LogP contribution is -2.61. The van der Waals surface area contributed by atoms with Gasteiger partial charge in [-0.15, -0.1) is 0 Å². The number of hydrogen-bond acceptors (Lipinski definition) is 13. The summed E-state index contributed by atoms with van der Waals surface area (Å²) in [6, 6.07) is -9.83. The molecular weight excluding hydrogens is 801 g/mol. The van der Waals surface area contributed by atoms with Crippen LogP contribution in [0.2, 0.25) is 0 Å². The molecule has 22 nitrogen and oxygen atoms in total. The SMILES string of the molecule is CCNC(=O)[C@H](CCC(=O)O)NC(=O)[C@H](CCC(=O)O)NC(=O)[C@H](CCC(=O)O)NC(=O)[C@@H](NC(=O)[C@H](CO)NC(=O)[C@H](CC(C)C)NC(=O)[C@@H](N)CCSC)C(C)C. The molecule has 0 aliphatic carbocycles. The van der Waals surface area contributed by atoms with Crippen molar-refractivity contribution in [3.05, 3.63) is 0 Å². The third kappa shape index (κ3) is 22.1. The summed E-state index contributed by atoms with van der Waals surface area (Å²) >= 11 is 1.48. The van der Waals surface area contributed by atoms with Crippen LogP contribution < -0.4 is 43.0 Å². The van der Waals surface area contributed by atoms with Crippen molar-refractivity contribution in [2.75, 3.05) is 25.2 Å². The Hall–Kier alpha value is -5.03. The minimum Gasteiger partial charge on any atom is -0.481 e. The van der Waals surface area contributed by atoms with E-state index in [0.29, 0.717) is 12.2 Å². The van der Waals surface area contributed by atoms with Gasteiger partial charge in [-0.05, 0) is 62.9 Å². The number of likely N-dealkylation sites (N-methyl/N-ethyl adjacent to an activating group) is 1. The largest absolute Gasteiger partial charge is 0.481 e. The van der Waals surface area contributed by atoms with Crippen molar-refractivity contribution in [3.63, 3.8) is 0 Å². The van der Waals surface area contributed by atoms with Crippen LogP contribution in [0.4, 0.5) is 0 Å². The molecule has 0 aromatic rings. The molecule has 0 saturated heterocycles. The summed E-state index contributed by atoms with van der Waals surface area (Å²) < 4.78 is 0. The molecule has 0 aliphatic rings.